The first-order valence-corrected chi connectivity index (χ1v) is 12.9. The number of hydrogen-bond donors (Lipinski definition) is 1. The molecule has 0 radical (unpaired) electrons. The third-order valence-corrected chi connectivity index (χ3v) is 7.13. The van der Waals surface area contributed by atoms with Gasteiger partial charge in [-0.05, 0) is 86.5 Å². The highest BCUT2D eigenvalue weighted by molar-refractivity contribution is 9.10. The maximum Gasteiger partial charge on any atom is 0.326 e. The molecule has 1 aliphatic rings. The van der Waals surface area contributed by atoms with Crippen LogP contribution in [-0.2, 0) is 19.1 Å². The van der Waals surface area contributed by atoms with E-state index in [9.17, 15) is 19.2 Å². The zero-order valence-corrected chi connectivity index (χ0v) is 23.4. The highest BCUT2D eigenvalue weighted by Gasteiger charge is 2.36. The maximum absolute atomic E-state index is 12.7. The van der Waals surface area contributed by atoms with Crippen LogP contribution >= 0.6 is 27.7 Å². The lowest BCUT2D eigenvalue weighted by Gasteiger charge is -2.14. The summed E-state index contributed by atoms with van der Waals surface area (Å²) >= 11 is 4.21. The normalized spacial score (nSPS) is 14.4. The Morgan fingerprint density at radius 3 is 2.51 bits per heavy atom. The highest BCUT2D eigenvalue weighted by atomic mass is 79.9. The van der Waals surface area contributed by atoms with Crippen molar-refractivity contribution in [2.24, 2.45) is 0 Å². The summed E-state index contributed by atoms with van der Waals surface area (Å²) in [6.07, 6.45) is 1.17. The van der Waals surface area contributed by atoms with Gasteiger partial charge in [-0.25, -0.2) is 0 Å². The number of nitrogens with one attached hydrogen (secondary N) is 1. The molecule has 1 N–H and O–H groups in total. The average Bonchev–Trinajstić information content (AvgIpc) is 3.10. The van der Waals surface area contributed by atoms with Gasteiger partial charge in [0.05, 0.1) is 18.1 Å². The molecule has 11 heteroatoms. The minimum absolute atomic E-state index is 0.164. The molecule has 2 aromatic carbocycles. The third-order valence-electron chi connectivity index (χ3n) is 5.37. The number of esters is 1. The molecule has 3 rings (SSSR count). The van der Waals surface area contributed by atoms with Crippen molar-refractivity contribution in [3.05, 3.63) is 56.4 Å². The average molecular weight is 591 g/mol. The number of methoxy groups -OCH3 is 1. The van der Waals surface area contributed by atoms with Crippen LogP contribution in [0.1, 0.15) is 30.5 Å². The van der Waals surface area contributed by atoms with Gasteiger partial charge in [-0.3, -0.25) is 24.1 Å². The van der Waals surface area contributed by atoms with Gasteiger partial charge < -0.3 is 19.5 Å². The van der Waals surface area contributed by atoms with Crippen LogP contribution in [0.3, 0.4) is 0 Å². The summed E-state index contributed by atoms with van der Waals surface area (Å²) in [7, 11) is 1.45. The molecule has 0 saturated carbocycles. The van der Waals surface area contributed by atoms with Gasteiger partial charge in [0, 0.05) is 10.2 Å². The number of thioether (sulfide) groups is 1. The van der Waals surface area contributed by atoms with Crippen molar-refractivity contribution in [2.75, 3.05) is 25.6 Å². The van der Waals surface area contributed by atoms with Crippen molar-refractivity contribution in [3.63, 3.8) is 0 Å². The van der Waals surface area contributed by atoms with E-state index in [-0.39, 0.29) is 23.5 Å². The molecule has 37 heavy (non-hydrogen) atoms. The number of benzene rings is 2. The quantitative estimate of drug-likeness (QED) is 0.318. The number of carbonyl (C=O) groups is 4. The summed E-state index contributed by atoms with van der Waals surface area (Å²) < 4.78 is 17.0. The molecule has 0 spiro atoms. The Hall–Kier alpha value is -3.31. The van der Waals surface area contributed by atoms with E-state index < -0.39 is 23.7 Å². The predicted octanol–water partition coefficient (Wildman–Crippen LogP) is 5.08. The molecule has 0 bridgehead atoms. The van der Waals surface area contributed by atoms with Crippen LogP contribution in [0.2, 0.25) is 0 Å². The lowest BCUT2D eigenvalue weighted by molar-refractivity contribution is -0.149. The molecule has 196 valence electrons. The first-order valence-electron chi connectivity index (χ1n) is 11.3. The number of nitrogens with zero attached hydrogens (tertiary/aromatic N) is 1. The topological polar surface area (TPSA) is 111 Å². The molecule has 0 atom stereocenters. The Morgan fingerprint density at radius 2 is 1.84 bits per heavy atom. The number of carbonyl (C=O) groups excluding carboxylic acids is 4. The molecule has 9 nitrogen and oxygen atoms in total. The molecule has 1 aliphatic heterocycles. The van der Waals surface area contributed by atoms with E-state index in [0.717, 1.165) is 32.3 Å². The fourth-order valence-electron chi connectivity index (χ4n) is 3.36. The number of ether oxygens (including phenoxy) is 3. The Bertz CT molecular complexity index is 1280. The lowest BCUT2D eigenvalue weighted by atomic mass is 10.1. The van der Waals surface area contributed by atoms with Crippen LogP contribution in [0.25, 0.3) is 6.08 Å². The first kappa shape index (κ1) is 28.3. The Balaban J connectivity index is 1.66. The maximum atomic E-state index is 12.7. The van der Waals surface area contributed by atoms with Crippen molar-refractivity contribution < 1.29 is 33.4 Å². The molecule has 1 fully saturated rings. The number of imide groups is 1. The van der Waals surface area contributed by atoms with Crippen LogP contribution < -0.4 is 14.8 Å². The van der Waals surface area contributed by atoms with Gasteiger partial charge in [0.1, 0.15) is 6.54 Å². The van der Waals surface area contributed by atoms with Crippen LogP contribution in [0.5, 0.6) is 11.5 Å². The second-order valence-corrected chi connectivity index (χ2v) is 10.2. The van der Waals surface area contributed by atoms with E-state index >= 15 is 0 Å². The van der Waals surface area contributed by atoms with E-state index in [2.05, 4.69) is 21.2 Å². The molecule has 2 aromatic rings. The summed E-state index contributed by atoms with van der Waals surface area (Å²) in [5.41, 5.74) is 3.25. The molecule has 0 aromatic heterocycles. The van der Waals surface area contributed by atoms with Crippen LogP contribution in [0.15, 0.2) is 39.7 Å². The SMILES string of the molecule is COc1cc(/C=C2\SC(=O)N(CC(=O)OC(C)C)C2=O)ccc1OCC(=O)Nc1ccc(Br)c(C)c1C. The minimum atomic E-state index is -0.656. The van der Waals surface area contributed by atoms with Crippen LogP contribution in [0, 0.1) is 13.8 Å². The molecular weight excluding hydrogens is 564 g/mol. The van der Waals surface area contributed by atoms with E-state index in [4.69, 9.17) is 14.2 Å². The van der Waals surface area contributed by atoms with E-state index in [1.807, 2.05) is 26.0 Å². The fraction of sp³-hybridized carbons (Fsp3) is 0.308. The fourth-order valence-corrected chi connectivity index (χ4v) is 4.63. The minimum Gasteiger partial charge on any atom is -0.493 e. The molecule has 1 heterocycles. The third kappa shape index (κ3) is 7.14. The highest BCUT2D eigenvalue weighted by Crippen LogP contribution is 2.34. The summed E-state index contributed by atoms with van der Waals surface area (Å²) in [5.74, 6) is -0.887. The molecule has 0 unspecified atom stereocenters. The van der Waals surface area contributed by atoms with Gasteiger partial charge in [-0.2, -0.15) is 0 Å². The predicted molar refractivity (Wildman–Crippen MR) is 145 cm³/mol. The number of anilines is 1. The van der Waals surface area contributed by atoms with Crippen molar-refractivity contribution in [3.8, 4) is 11.5 Å². The summed E-state index contributed by atoms with van der Waals surface area (Å²) in [5, 5.41) is 2.29. The van der Waals surface area contributed by atoms with Crippen molar-refractivity contribution in [1.29, 1.82) is 0 Å². The zero-order chi connectivity index (χ0) is 27.3. The van der Waals surface area contributed by atoms with Crippen molar-refractivity contribution in [1.82, 2.24) is 4.90 Å². The molecular formula is C26H27BrN2O7S. The Labute approximate surface area is 227 Å². The zero-order valence-electron chi connectivity index (χ0n) is 21.0. The summed E-state index contributed by atoms with van der Waals surface area (Å²) in [6, 6.07) is 8.58. The van der Waals surface area contributed by atoms with Crippen LogP contribution in [-0.4, -0.2) is 54.3 Å². The second-order valence-electron chi connectivity index (χ2n) is 8.40. The van der Waals surface area contributed by atoms with E-state index in [1.54, 1.807) is 32.0 Å². The summed E-state index contributed by atoms with van der Waals surface area (Å²) in [6.45, 7) is 6.56. The van der Waals surface area contributed by atoms with Crippen molar-refractivity contribution in [2.45, 2.75) is 33.8 Å². The van der Waals surface area contributed by atoms with Gasteiger partial charge in [0.15, 0.2) is 18.1 Å². The van der Waals surface area contributed by atoms with E-state index in [1.165, 1.54) is 13.2 Å². The Kier molecular flexibility index (Phi) is 9.39. The molecule has 1 saturated heterocycles. The number of hydrogen-bond acceptors (Lipinski definition) is 8. The van der Waals surface area contributed by atoms with Crippen molar-refractivity contribution >= 4 is 62.5 Å². The van der Waals surface area contributed by atoms with E-state index in [0.29, 0.717) is 22.7 Å². The Morgan fingerprint density at radius 1 is 1.11 bits per heavy atom. The summed E-state index contributed by atoms with van der Waals surface area (Å²) in [4.78, 5) is 50.3. The largest absolute Gasteiger partial charge is 0.493 e. The number of halogens is 1. The number of amides is 3. The van der Waals surface area contributed by atoms with Gasteiger partial charge in [0.2, 0.25) is 0 Å². The smallest absolute Gasteiger partial charge is 0.326 e. The molecule has 3 amide bonds. The standard InChI is InChI=1S/C26H27BrN2O7S/c1-14(2)36-24(31)12-29-25(32)22(37-26(29)33)11-17-6-9-20(21(10-17)34-5)35-13-23(30)28-19-8-7-18(27)15(3)16(19)4/h6-11,14H,12-13H2,1-5H3,(H,28,30)/b22-11-. The molecule has 0 aliphatic carbocycles. The number of rotatable bonds is 9. The van der Waals surface area contributed by atoms with Gasteiger partial charge in [-0.1, -0.05) is 22.0 Å². The lowest BCUT2D eigenvalue weighted by Crippen LogP contribution is -2.35. The van der Waals surface area contributed by atoms with Gasteiger partial charge >= 0.3 is 5.97 Å². The van der Waals surface area contributed by atoms with Gasteiger partial charge in [-0.15, -0.1) is 0 Å². The second kappa shape index (κ2) is 12.3. The first-order chi connectivity index (χ1) is 17.5. The van der Waals surface area contributed by atoms with Crippen LogP contribution in [0.4, 0.5) is 10.5 Å². The monoisotopic (exact) mass is 590 g/mol. The van der Waals surface area contributed by atoms with Gasteiger partial charge in [0.25, 0.3) is 17.1 Å².